The Kier molecular flexibility index (Phi) is 3.20. The Labute approximate surface area is 112 Å². The molecule has 0 atom stereocenters. The van der Waals surface area contributed by atoms with Gasteiger partial charge in [-0.05, 0) is 23.6 Å². The second-order valence-corrected chi connectivity index (χ2v) is 5.38. The highest BCUT2D eigenvalue weighted by molar-refractivity contribution is 7.85. The average molecular weight is 296 g/mol. The predicted molar refractivity (Wildman–Crippen MR) is 67.7 cm³/mol. The Morgan fingerprint density at radius 2 is 1.55 bits per heavy atom. The fourth-order valence-corrected chi connectivity index (χ4v) is 2.44. The van der Waals surface area contributed by atoms with E-state index in [2.05, 4.69) is 0 Å². The van der Waals surface area contributed by atoms with E-state index in [1.807, 2.05) is 0 Å². The van der Waals surface area contributed by atoms with Gasteiger partial charge in [0, 0.05) is 5.39 Å². The van der Waals surface area contributed by atoms with Crippen molar-refractivity contribution in [1.82, 2.24) is 0 Å². The molecule has 2 rings (SSSR count). The largest absolute Gasteiger partial charge is 0.478 e. The second kappa shape index (κ2) is 4.58. The summed E-state index contributed by atoms with van der Waals surface area (Å²) in [5, 5.41) is 18.2. The lowest BCUT2D eigenvalue weighted by atomic mass is 9.99. The summed E-state index contributed by atoms with van der Waals surface area (Å²) in [4.78, 5) is 21.7. The fourth-order valence-electron chi connectivity index (χ4n) is 1.90. The van der Waals surface area contributed by atoms with E-state index in [0.29, 0.717) is 0 Å². The third-order valence-corrected chi connectivity index (χ3v) is 3.54. The molecule has 7 nitrogen and oxygen atoms in total. The summed E-state index contributed by atoms with van der Waals surface area (Å²) in [5.41, 5.74) is -0.769. The van der Waals surface area contributed by atoms with Crippen LogP contribution in [0.2, 0.25) is 0 Å². The lowest BCUT2D eigenvalue weighted by Crippen LogP contribution is -2.07. The van der Waals surface area contributed by atoms with Crippen LogP contribution in [0.1, 0.15) is 20.7 Å². The first kappa shape index (κ1) is 14.0. The predicted octanol–water partition coefficient (Wildman–Crippen LogP) is 1.48. The zero-order valence-corrected chi connectivity index (χ0v) is 10.6. The van der Waals surface area contributed by atoms with Crippen LogP contribution in [0, 0.1) is 0 Å². The summed E-state index contributed by atoms with van der Waals surface area (Å²) < 4.78 is 31.2. The Morgan fingerprint density at radius 3 is 2.05 bits per heavy atom. The minimum absolute atomic E-state index is 0.0948. The third-order valence-electron chi connectivity index (χ3n) is 2.71. The fraction of sp³-hybridized carbons (Fsp3) is 0. The van der Waals surface area contributed by atoms with E-state index < -0.39 is 32.5 Å². The summed E-state index contributed by atoms with van der Waals surface area (Å²) in [6.45, 7) is 0. The molecule has 0 bridgehead atoms. The van der Waals surface area contributed by atoms with Gasteiger partial charge >= 0.3 is 11.9 Å². The summed E-state index contributed by atoms with van der Waals surface area (Å²) in [7, 11) is -4.59. The maximum atomic E-state index is 11.2. The molecular weight excluding hydrogens is 288 g/mol. The van der Waals surface area contributed by atoms with Crippen LogP contribution >= 0.6 is 0 Å². The van der Waals surface area contributed by atoms with E-state index in [-0.39, 0.29) is 16.3 Å². The topological polar surface area (TPSA) is 129 Å². The van der Waals surface area contributed by atoms with Gasteiger partial charge in [-0.2, -0.15) is 8.42 Å². The minimum atomic E-state index is -4.59. The molecule has 0 aliphatic heterocycles. The minimum Gasteiger partial charge on any atom is -0.478 e. The van der Waals surface area contributed by atoms with Crippen LogP contribution in [0.25, 0.3) is 10.8 Å². The molecule has 0 unspecified atom stereocenters. The first-order valence-corrected chi connectivity index (χ1v) is 6.66. The number of aromatic carboxylic acids is 2. The molecule has 0 saturated carbocycles. The van der Waals surface area contributed by atoms with Gasteiger partial charge in [0.2, 0.25) is 0 Å². The van der Waals surface area contributed by atoms with Gasteiger partial charge in [0.1, 0.15) is 0 Å². The summed E-state index contributed by atoms with van der Waals surface area (Å²) in [6, 6.07) is 5.67. The lowest BCUT2D eigenvalue weighted by Gasteiger charge is -2.08. The van der Waals surface area contributed by atoms with Crippen molar-refractivity contribution in [3.05, 3.63) is 41.5 Å². The van der Waals surface area contributed by atoms with Crippen LogP contribution in [0.5, 0.6) is 0 Å². The van der Waals surface area contributed by atoms with Crippen molar-refractivity contribution >= 4 is 32.8 Å². The van der Waals surface area contributed by atoms with Gasteiger partial charge in [0.25, 0.3) is 10.1 Å². The van der Waals surface area contributed by atoms with E-state index >= 15 is 0 Å². The molecule has 0 heterocycles. The van der Waals surface area contributed by atoms with Crippen LogP contribution in [0.4, 0.5) is 0 Å². The number of hydrogen-bond acceptors (Lipinski definition) is 4. The van der Waals surface area contributed by atoms with Gasteiger partial charge < -0.3 is 10.2 Å². The van der Waals surface area contributed by atoms with Crippen LogP contribution in [0.3, 0.4) is 0 Å². The molecular formula is C12H8O7S. The molecule has 2 aromatic rings. The summed E-state index contributed by atoms with van der Waals surface area (Å²) in [5.74, 6) is -2.83. The van der Waals surface area contributed by atoms with E-state index in [0.717, 1.165) is 12.1 Å². The normalized spacial score (nSPS) is 11.4. The number of fused-ring (bicyclic) bond motifs is 1. The highest BCUT2D eigenvalue weighted by atomic mass is 32.2. The van der Waals surface area contributed by atoms with Crippen molar-refractivity contribution in [1.29, 1.82) is 0 Å². The molecule has 2 aromatic carbocycles. The number of hydrogen-bond donors (Lipinski definition) is 3. The van der Waals surface area contributed by atoms with Crippen molar-refractivity contribution in [3.8, 4) is 0 Å². The highest BCUT2D eigenvalue weighted by Gasteiger charge is 2.20. The molecule has 0 radical (unpaired) electrons. The van der Waals surface area contributed by atoms with Crippen molar-refractivity contribution in [2.45, 2.75) is 4.90 Å². The summed E-state index contributed by atoms with van der Waals surface area (Å²) in [6.07, 6.45) is 0. The zero-order valence-electron chi connectivity index (χ0n) is 9.77. The van der Waals surface area contributed by atoms with Crippen LogP contribution < -0.4 is 0 Å². The van der Waals surface area contributed by atoms with Crippen molar-refractivity contribution < 1.29 is 32.8 Å². The second-order valence-electron chi connectivity index (χ2n) is 3.96. The van der Waals surface area contributed by atoms with Crippen molar-refractivity contribution in [2.75, 3.05) is 0 Å². The first-order valence-electron chi connectivity index (χ1n) is 5.22. The molecule has 104 valence electrons. The van der Waals surface area contributed by atoms with Gasteiger partial charge in [-0.3, -0.25) is 4.55 Å². The number of carboxylic acids is 2. The number of rotatable bonds is 3. The maximum Gasteiger partial charge on any atom is 0.336 e. The average Bonchev–Trinajstić information content (AvgIpc) is 2.35. The molecule has 0 aliphatic rings. The first-order chi connectivity index (χ1) is 9.21. The number of carboxylic acid groups (broad SMARTS) is 2. The maximum absolute atomic E-state index is 11.2. The summed E-state index contributed by atoms with van der Waals surface area (Å²) >= 11 is 0. The van der Waals surface area contributed by atoms with Crippen molar-refractivity contribution in [2.24, 2.45) is 0 Å². The van der Waals surface area contributed by atoms with Gasteiger partial charge in [0.15, 0.2) is 0 Å². The third kappa shape index (κ3) is 2.33. The molecule has 0 saturated heterocycles. The molecule has 0 spiro atoms. The number of benzene rings is 2. The van der Waals surface area contributed by atoms with Gasteiger partial charge in [-0.1, -0.05) is 12.1 Å². The molecule has 8 heteroatoms. The molecule has 3 N–H and O–H groups in total. The van der Waals surface area contributed by atoms with E-state index in [4.69, 9.17) is 14.8 Å². The quantitative estimate of drug-likeness (QED) is 0.731. The Balaban J connectivity index is 3.01. The molecule has 20 heavy (non-hydrogen) atoms. The van der Waals surface area contributed by atoms with Crippen LogP contribution in [0.15, 0.2) is 35.2 Å². The Morgan fingerprint density at radius 1 is 0.950 bits per heavy atom. The zero-order chi connectivity index (χ0) is 15.1. The standard InChI is InChI=1S/C12H8O7S/c13-11(14)8-3-1-2-6-4-7(20(17,18)19)5-9(10(6)8)12(15)16/h1-5H,(H,13,14)(H,15,16)(H,17,18,19). The molecule has 0 fully saturated rings. The van der Waals surface area contributed by atoms with Crippen LogP contribution in [-0.2, 0) is 10.1 Å². The molecule has 0 amide bonds. The van der Waals surface area contributed by atoms with E-state index in [9.17, 15) is 18.0 Å². The monoisotopic (exact) mass is 296 g/mol. The van der Waals surface area contributed by atoms with E-state index in [1.165, 1.54) is 18.2 Å². The highest BCUT2D eigenvalue weighted by Crippen LogP contribution is 2.27. The SMILES string of the molecule is O=C(O)c1cccc2cc(S(=O)(=O)O)cc(C(=O)O)c12. The molecule has 0 aromatic heterocycles. The lowest BCUT2D eigenvalue weighted by molar-refractivity contribution is 0.0695. The van der Waals surface area contributed by atoms with Crippen LogP contribution in [-0.4, -0.2) is 35.1 Å². The Bertz CT molecular complexity index is 836. The number of carbonyl (C=O) groups is 2. The van der Waals surface area contributed by atoms with Gasteiger partial charge in [-0.25, -0.2) is 9.59 Å². The van der Waals surface area contributed by atoms with Crippen molar-refractivity contribution in [3.63, 3.8) is 0 Å². The van der Waals surface area contributed by atoms with E-state index in [1.54, 1.807) is 0 Å². The van der Waals surface area contributed by atoms with Gasteiger partial charge in [0.05, 0.1) is 16.0 Å². The van der Waals surface area contributed by atoms with Gasteiger partial charge in [-0.15, -0.1) is 0 Å². The molecule has 0 aliphatic carbocycles. The Hall–Kier alpha value is -2.45. The smallest absolute Gasteiger partial charge is 0.336 e.